The van der Waals surface area contributed by atoms with Crippen LogP contribution in [0.25, 0.3) is 5.65 Å². The summed E-state index contributed by atoms with van der Waals surface area (Å²) in [5.41, 5.74) is 2.50. The molecule has 4 heterocycles. The van der Waals surface area contributed by atoms with Crippen LogP contribution in [0.1, 0.15) is 11.4 Å². The SMILES string of the molecule is Cc1nc2c(NC(=O)N3CCN(Cc4ccc5c(c4)OCO5)CC3)cccn2n1. The second kappa shape index (κ2) is 7.25. The minimum Gasteiger partial charge on any atom is -0.454 e. The normalized spacial score (nSPS) is 16.4. The van der Waals surface area contributed by atoms with Gasteiger partial charge in [0.15, 0.2) is 17.1 Å². The number of hydrogen-bond acceptors (Lipinski definition) is 6. The molecule has 9 nitrogen and oxygen atoms in total. The van der Waals surface area contributed by atoms with E-state index < -0.39 is 0 Å². The lowest BCUT2D eigenvalue weighted by molar-refractivity contribution is 0.143. The van der Waals surface area contributed by atoms with Gasteiger partial charge in [0.2, 0.25) is 6.79 Å². The number of urea groups is 1. The summed E-state index contributed by atoms with van der Waals surface area (Å²) in [4.78, 5) is 21.3. The zero-order chi connectivity index (χ0) is 19.8. The molecule has 2 aromatic heterocycles. The highest BCUT2D eigenvalue weighted by atomic mass is 16.7. The maximum absolute atomic E-state index is 12.7. The number of hydrogen-bond donors (Lipinski definition) is 1. The monoisotopic (exact) mass is 394 g/mol. The van der Waals surface area contributed by atoms with Gasteiger partial charge in [-0.05, 0) is 36.8 Å². The van der Waals surface area contributed by atoms with Crippen LogP contribution in [0, 0.1) is 6.92 Å². The van der Waals surface area contributed by atoms with Crippen molar-refractivity contribution < 1.29 is 14.3 Å². The van der Waals surface area contributed by atoms with E-state index in [2.05, 4.69) is 26.4 Å². The van der Waals surface area contributed by atoms with Gasteiger partial charge in [-0.2, -0.15) is 5.10 Å². The molecule has 0 radical (unpaired) electrons. The van der Waals surface area contributed by atoms with E-state index in [1.807, 2.05) is 42.3 Å². The van der Waals surface area contributed by atoms with Crippen molar-refractivity contribution in [2.24, 2.45) is 0 Å². The minimum atomic E-state index is -0.110. The van der Waals surface area contributed by atoms with E-state index in [4.69, 9.17) is 9.47 Å². The Bertz CT molecular complexity index is 1060. The standard InChI is InChI=1S/C20H22N6O3/c1-14-21-19-16(3-2-6-26(19)23-14)22-20(27)25-9-7-24(8-10-25)12-15-4-5-17-18(11-15)29-13-28-17/h2-6,11H,7-10,12-13H2,1H3,(H,22,27). The van der Waals surface area contributed by atoms with Crippen molar-refractivity contribution in [1.29, 1.82) is 0 Å². The average molecular weight is 394 g/mol. The number of amides is 2. The van der Waals surface area contributed by atoms with E-state index in [1.165, 1.54) is 5.56 Å². The van der Waals surface area contributed by atoms with Crippen LogP contribution in [0.15, 0.2) is 36.5 Å². The van der Waals surface area contributed by atoms with E-state index >= 15 is 0 Å². The molecule has 0 spiro atoms. The van der Waals surface area contributed by atoms with Crippen LogP contribution < -0.4 is 14.8 Å². The van der Waals surface area contributed by atoms with Gasteiger partial charge in [0.25, 0.3) is 0 Å². The minimum absolute atomic E-state index is 0.110. The smallest absolute Gasteiger partial charge is 0.322 e. The number of nitrogens with one attached hydrogen (secondary N) is 1. The van der Waals surface area contributed by atoms with Gasteiger partial charge in [0, 0.05) is 38.9 Å². The molecule has 1 fully saturated rings. The summed E-state index contributed by atoms with van der Waals surface area (Å²) >= 11 is 0. The van der Waals surface area contributed by atoms with Crippen molar-refractivity contribution in [3.05, 3.63) is 47.9 Å². The number of aryl methyl sites for hydroxylation is 1. The first-order chi connectivity index (χ1) is 14.2. The van der Waals surface area contributed by atoms with Crippen molar-refractivity contribution >= 4 is 17.4 Å². The molecular formula is C20H22N6O3. The summed E-state index contributed by atoms with van der Waals surface area (Å²) in [5, 5.41) is 7.26. The first-order valence-electron chi connectivity index (χ1n) is 9.64. The van der Waals surface area contributed by atoms with Crippen molar-refractivity contribution in [2.75, 3.05) is 38.3 Å². The fraction of sp³-hybridized carbons (Fsp3) is 0.350. The van der Waals surface area contributed by atoms with Crippen molar-refractivity contribution in [3.8, 4) is 11.5 Å². The summed E-state index contributed by atoms with van der Waals surface area (Å²) in [5.74, 6) is 2.27. The molecule has 0 saturated carbocycles. The maximum atomic E-state index is 12.7. The molecule has 0 unspecified atom stereocenters. The summed E-state index contributed by atoms with van der Waals surface area (Å²) in [6, 6.07) is 9.63. The summed E-state index contributed by atoms with van der Waals surface area (Å²) in [7, 11) is 0. The Kier molecular flexibility index (Phi) is 4.44. The highest BCUT2D eigenvalue weighted by molar-refractivity contribution is 5.93. The third-order valence-electron chi connectivity index (χ3n) is 5.21. The van der Waals surface area contributed by atoms with Gasteiger partial charge in [-0.1, -0.05) is 6.07 Å². The van der Waals surface area contributed by atoms with E-state index in [-0.39, 0.29) is 12.8 Å². The zero-order valence-electron chi connectivity index (χ0n) is 16.2. The van der Waals surface area contributed by atoms with Crippen LogP contribution in [-0.4, -0.2) is 63.4 Å². The second-order valence-corrected chi connectivity index (χ2v) is 7.23. The van der Waals surface area contributed by atoms with Crippen LogP contribution in [0.3, 0.4) is 0 Å². The molecule has 3 aromatic rings. The van der Waals surface area contributed by atoms with Gasteiger partial charge >= 0.3 is 6.03 Å². The number of aromatic nitrogens is 3. The van der Waals surface area contributed by atoms with Gasteiger partial charge in [-0.3, -0.25) is 4.90 Å². The van der Waals surface area contributed by atoms with E-state index in [1.54, 1.807) is 4.52 Å². The summed E-state index contributed by atoms with van der Waals surface area (Å²) < 4.78 is 12.5. The summed E-state index contributed by atoms with van der Waals surface area (Å²) in [6.45, 7) is 5.92. The number of rotatable bonds is 3. The first-order valence-corrected chi connectivity index (χ1v) is 9.64. The van der Waals surface area contributed by atoms with Crippen LogP contribution >= 0.6 is 0 Å². The van der Waals surface area contributed by atoms with E-state index in [9.17, 15) is 4.79 Å². The molecule has 1 saturated heterocycles. The number of piperazine rings is 1. The van der Waals surface area contributed by atoms with Crippen LogP contribution in [-0.2, 0) is 6.54 Å². The topological polar surface area (TPSA) is 84.2 Å². The molecule has 150 valence electrons. The molecule has 2 aliphatic heterocycles. The number of carbonyl (C=O) groups is 1. The third-order valence-corrected chi connectivity index (χ3v) is 5.21. The maximum Gasteiger partial charge on any atom is 0.322 e. The average Bonchev–Trinajstić information content (AvgIpc) is 3.34. The van der Waals surface area contributed by atoms with Crippen LogP contribution in [0.2, 0.25) is 0 Å². The van der Waals surface area contributed by atoms with Crippen molar-refractivity contribution in [1.82, 2.24) is 24.4 Å². The number of fused-ring (bicyclic) bond motifs is 2. The molecule has 2 amide bonds. The fourth-order valence-corrected chi connectivity index (χ4v) is 3.71. The molecule has 1 N–H and O–H groups in total. The van der Waals surface area contributed by atoms with Gasteiger partial charge in [0.1, 0.15) is 5.82 Å². The number of benzene rings is 1. The first kappa shape index (κ1) is 17.7. The Morgan fingerprint density at radius 3 is 2.83 bits per heavy atom. The molecule has 9 heteroatoms. The zero-order valence-corrected chi connectivity index (χ0v) is 16.2. The molecular weight excluding hydrogens is 372 g/mol. The highest BCUT2D eigenvalue weighted by Gasteiger charge is 2.23. The largest absolute Gasteiger partial charge is 0.454 e. The Balaban J connectivity index is 1.18. The lowest BCUT2D eigenvalue weighted by Gasteiger charge is -2.34. The number of anilines is 1. The molecule has 2 aliphatic rings. The van der Waals surface area contributed by atoms with Crippen molar-refractivity contribution in [2.45, 2.75) is 13.5 Å². The lowest BCUT2D eigenvalue weighted by Crippen LogP contribution is -2.49. The lowest BCUT2D eigenvalue weighted by atomic mass is 10.1. The van der Waals surface area contributed by atoms with Crippen LogP contribution in [0.5, 0.6) is 11.5 Å². The Morgan fingerprint density at radius 2 is 1.97 bits per heavy atom. The number of pyridine rings is 1. The molecule has 0 aliphatic carbocycles. The number of ether oxygens (including phenoxy) is 2. The number of carbonyl (C=O) groups excluding carboxylic acids is 1. The van der Waals surface area contributed by atoms with E-state index in [0.29, 0.717) is 30.2 Å². The Labute approximate surface area is 167 Å². The predicted molar refractivity (Wildman–Crippen MR) is 106 cm³/mol. The van der Waals surface area contributed by atoms with Gasteiger partial charge < -0.3 is 19.7 Å². The third kappa shape index (κ3) is 3.56. The molecule has 29 heavy (non-hydrogen) atoms. The number of nitrogens with zero attached hydrogens (tertiary/aromatic N) is 5. The summed E-state index contributed by atoms with van der Waals surface area (Å²) in [6.07, 6.45) is 1.82. The fourth-order valence-electron chi connectivity index (χ4n) is 3.71. The predicted octanol–water partition coefficient (Wildman–Crippen LogP) is 2.12. The van der Waals surface area contributed by atoms with Gasteiger partial charge in [-0.25, -0.2) is 14.3 Å². The van der Waals surface area contributed by atoms with Crippen LogP contribution in [0.4, 0.5) is 10.5 Å². The molecule has 0 atom stereocenters. The van der Waals surface area contributed by atoms with Crippen molar-refractivity contribution in [3.63, 3.8) is 0 Å². The molecule has 1 aromatic carbocycles. The van der Waals surface area contributed by atoms with Gasteiger partial charge in [0.05, 0.1) is 5.69 Å². The second-order valence-electron chi connectivity index (χ2n) is 7.23. The highest BCUT2D eigenvalue weighted by Crippen LogP contribution is 2.32. The molecule has 5 rings (SSSR count). The quantitative estimate of drug-likeness (QED) is 0.733. The van der Waals surface area contributed by atoms with Gasteiger partial charge in [-0.15, -0.1) is 0 Å². The Morgan fingerprint density at radius 1 is 1.14 bits per heavy atom. The Hall–Kier alpha value is -3.33. The van der Waals surface area contributed by atoms with E-state index in [0.717, 1.165) is 31.1 Å². The molecule has 0 bridgehead atoms.